The normalized spacial score (nSPS) is 13.9. The van der Waals surface area contributed by atoms with E-state index in [1.807, 2.05) is 30.1 Å². The lowest BCUT2D eigenvalue weighted by Crippen LogP contribution is -2.35. The third kappa shape index (κ3) is 3.37. The van der Waals surface area contributed by atoms with Crippen LogP contribution in [0.3, 0.4) is 0 Å². The SMILES string of the molecule is CN(Cc1nc(-c2ccc3c(c2)OCO3)no1)CC(C)(C)O. The van der Waals surface area contributed by atoms with Crippen LogP contribution < -0.4 is 9.47 Å². The van der Waals surface area contributed by atoms with Crippen molar-refractivity contribution in [3.63, 3.8) is 0 Å². The van der Waals surface area contributed by atoms with Crippen molar-refractivity contribution in [3.05, 3.63) is 24.1 Å². The van der Waals surface area contributed by atoms with Crippen molar-refractivity contribution in [2.45, 2.75) is 26.0 Å². The first-order valence-electron chi connectivity index (χ1n) is 7.04. The molecule has 22 heavy (non-hydrogen) atoms. The van der Waals surface area contributed by atoms with Crippen LogP contribution in [0.1, 0.15) is 19.7 Å². The second kappa shape index (κ2) is 5.58. The van der Waals surface area contributed by atoms with E-state index < -0.39 is 5.60 Å². The third-order valence-corrected chi connectivity index (χ3v) is 3.16. The van der Waals surface area contributed by atoms with Crippen molar-refractivity contribution < 1.29 is 19.1 Å². The fourth-order valence-corrected chi connectivity index (χ4v) is 2.42. The summed E-state index contributed by atoms with van der Waals surface area (Å²) < 4.78 is 15.9. The van der Waals surface area contributed by atoms with E-state index in [1.165, 1.54) is 0 Å². The summed E-state index contributed by atoms with van der Waals surface area (Å²) in [5.41, 5.74) is 0.0407. The maximum absolute atomic E-state index is 9.80. The first-order valence-corrected chi connectivity index (χ1v) is 7.04. The van der Waals surface area contributed by atoms with E-state index in [1.54, 1.807) is 13.8 Å². The third-order valence-electron chi connectivity index (χ3n) is 3.16. The minimum Gasteiger partial charge on any atom is -0.454 e. The molecule has 0 unspecified atom stereocenters. The van der Waals surface area contributed by atoms with E-state index in [0.29, 0.717) is 30.6 Å². The molecule has 1 aromatic heterocycles. The highest BCUT2D eigenvalue weighted by Crippen LogP contribution is 2.35. The van der Waals surface area contributed by atoms with Crippen molar-refractivity contribution in [1.29, 1.82) is 0 Å². The van der Waals surface area contributed by atoms with Crippen molar-refractivity contribution in [1.82, 2.24) is 15.0 Å². The summed E-state index contributed by atoms with van der Waals surface area (Å²) in [5.74, 6) is 2.41. The van der Waals surface area contributed by atoms with E-state index in [-0.39, 0.29) is 6.79 Å². The molecular formula is C15H19N3O4. The van der Waals surface area contributed by atoms with Crippen LogP contribution in [0.4, 0.5) is 0 Å². The topological polar surface area (TPSA) is 80.9 Å². The van der Waals surface area contributed by atoms with Crippen LogP contribution in [0.2, 0.25) is 0 Å². The zero-order valence-electron chi connectivity index (χ0n) is 12.9. The Bertz CT molecular complexity index is 663. The molecule has 3 rings (SSSR count). The molecule has 0 atom stereocenters. The molecule has 0 saturated carbocycles. The zero-order valence-corrected chi connectivity index (χ0v) is 12.9. The molecule has 0 spiro atoms. The Morgan fingerprint density at radius 2 is 2.05 bits per heavy atom. The molecule has 1 aliphatic heterocycles. The maximum atomic E-state index is 9.80. The van der Waals surface area contributed by atoms with Crippen molar-refractivity contribution in [2.24, 2.45) is 0 Å². The van der Waals surface area contributed by atoms with Gasteiger partial charge in [-0.3, -0.25) is 4.90 Å². The van der Waals surface area contributed by atoms with Crippen LogP contribution >= 0.6 is 0 Å². The molecule has 2 aromatic rings. The van der Waals surface area contributed by atoms with Gasteiger partial charge in [0, 0.05) is 12.1 Å². The van der Waals surface area contributed by atoms with Crippen LogP contribution in [0, 0.1) is 0 Å². The van der Waals surface area contributed by atoms with Gasteiger partial charge in [-0.15, -0.1) is 0 Å². The number of hydrogen-bond acceptors (Lipinski definition) is 7. The molecule has 1 aromatic carbocycles. The number of ether oxygens (including phenoxy) is 2. The lowest BCUT2D eigenvalue weighted by molar-refractivity contribution is 0.0397. The first-order chi connectivity index (χ1) is 10.4. The predicted molar refractivity (Wildman–Crippen MR) is 78.5 cm³/mol. The van der Waals surface area contributed by atoms with Gasteiger partial charge in [-0.05, 0) is 39.1 Å². The van der Waals surface area contributed by atoms with Crippen molar-refractivity contribution >= 4 is 0 Å². The Morgan fingerprint density at radius 1 is 1.27 bits per heavy atom. The molecule has 0 saturated heterocycles. The Morgan fingerprint density at radius 3 is 2.82 bits per heavy atom. The highest BCUT2D eigenvalue weighted by Gasteiger charge is 2.19. The van der Waals surface area contributed by atoms with Crippen LogP contribution in [-0.2, 0) is 6.54 Å². The summed E-state index contributed by atoms with van der Waals surface area (Å²) in [6.07, 6.45) is 0. The molecule has 118 valence electrons. The number of aliphatic hydroxyl groups is 1. The van der Waals surface area contributed by atoms with E-state index in [4.69, 9.17) is 14.0 Å². The molecule has 0 radical (unpaired) electrons. The van der Waals surface area contributed by atoms with Gasteiger partial charge in [0.05, 0.1) is 12.1 Å². The van der Waals surface area contributed by atoms with Gasteiger partial charge in [-0.25, -0.2) is 0 Å². The monoisotopic (exact) mass is 305 g/mol. The van der Waals surface area contributed by atoms with E-state index in [2.05, 4.69) is 10.1 Å². The molecule has 7 heteroatoms. The van der Waals surface area contributed by atoms with Crippen molar-refractivity contribution in [2.75, 3.05) is 20.4 Å². The molecule has 0 bridgehead atoms. The fourth-order valence-electron chi connectivity index (χ4n) is 2.42. The van der Waals surface area contributed by atoms with Gasteiger partial charge in [0.15, 0.2) is 11.5 Å². The molecule has 2 heterocycles. The molecule has 7 nitrogen and oxygen atoms in total. The summed E-state index contributed by atoms with van der Waals surface area (Å²) in [4.78, 5) is 6.31. The number of benzene rings is 1. The molecule has 1 N–H and O–H groups in total. The number of aromatic nitrogens is 2. The molecule has 0 amide bonds. The van der Waals surface area contributed by atoms with E-state index in [0.717, 1.165) is 11.3 Å². The van der Waals surface area contributed by atoms with Gasteiger partial charge in [-0.2, -0.15) is 4.98 Å². The molecule has 0 fully saturated rings. The molecule has 1 aliphatic rings. The van der Waals surface area contributed by atoms with Crippen LogP contribution in [-0.4, -0.2) is 46.1 Å². The lowest BCUT2D eigenvalue weighted by atomic mass is 10.1. The molecular weight excluding hydrogens is 286 g/mol. The first kappa shape index (κ1) is 14.8. The molecule has 0 aliphatic carbocycles. The maximum Gasteiger partial charge on any atom is 0.241 e. The summed E-state index contributed by atoms with van der Waals surface area (Å²) in [6.45, 7) is 4.74. The second-order valence-corrected chi connectivity index (χ2v) is 6.06. The Kier molecular flexibility index (Phi) is 3.76. The van der Waals surface area contributed by atoms with Gasteiger partial charge < -0.3 is 19.1 Å². The number of fused-ring (bicyclic) bond motifs is 1. The largest absolute Gasteiger partial charge is 0.454 e. The minimum atomic E-state index is -0.769. The van der Waals surface area contributed by atoms with Crippen LogP contribution in [0.5, 0.6) is 11.5 Å². The minimum absolute atomic E-state index is 0.234. The Labute approximate surface area is 128 Å². The van der Waals surface area contributed by atoms with E-state index in [9.17, 15) is 5.11 Å². The van der Waals surface area contributed by atoms with Gasteiger partial charge in [0.2, 0.25) is 18.5 Å². The summed E-state index contributed by atoms with van der Waals surface area (Å²) in [5, 5.41) is 13.8. The number of likely N-dealkylation sites (N-methyl/N-ethyl adjacent to an activating group) is 1. The van der Waals surface area contributed by atoms with Crippen LogP contribution in [0.15, 0.2) is 22.7 Å². The number of nitrogens with zero attached hydrogens (tertiary/aromatic N) is 3. The highest BCUT2D eigenvalue weighted by atomic mass is 16.7. The summed E-state index contributed by atoms with van der Waals surface area (Å²) in [7, 11) is 1.89. The average Bonchev–Trinajstić information content (AvgIpc) is 3.03. The van der Waals surface area contributed by atoms with Gasteiger partial charge >= 0.3 is 0 Å². The second-order valence-electron chi connectivity index (χ2n) is 6.06. The predicted octanol–water partition coefficient (Wildman–Crippen LogP) is 1.67. The summed E-state index contributed by atoms with van der Waals surface area (Å²) in [6, 6.07) is 5.52. The van der Waals surface area contributed by atoms with Crippen LogP contribution in [0.25, 0.3) is 11.4 Å². The lowest BCUT2D eigenvalue weighted by Gasteiger charge is -2.23. The number of rotatable bonds is 5. The quantitative estimate of drug-likeness (QED) is 0.899. The summed E-state index contributed by atoms with van der Waals surface area (Å²) >= 11 is 0. The smallest absolute Gasteiger partial charge is 0.241 e. The Hall–Kier alpha value is -2.12. The average molecular weight is 305 g/mol. The van der Waals surface area contributed by atoms with E-state index >= 15 is 0 Å². The van der Waals surface area contributed by atoms with Gasteiger partial charge in [-0.1, -0.05) is 5.16 Å². The zero-order chi connectivity index (χ0) is 15.7. The number of hydrogen-bond donors (Lipinski definition) is 1. The van der Waals surface area contributed by atoms with Gasteiger partial charge in [0.1, 0.15) is 0 Å². The van der Waals surface area contributed by atoms with Crippen molar-refractivity contribution in [3.8, 4) is 22.9 Å². The standard InChI is InChI=1S/C15H19N3O4/c1-15(2,19)8-18(3)7-13-16-14(17-22-13)10-4-5-11-12(6-10)21-9-20-11/h4-6,19H,7-9H2,1-3H3. The Balaban J connectivity index is 1.71. The van der Waals surface area contributed by atoms with Gasteiger partial charge in [0.25, 0.3) is 0 Å². The highest BCUT2D eigenvalue weighted by molar-refractivity contribution is 5.61. The fraction of sp³-hybridized carbons (Fsp3) is 0.467.